The highest BCUT2D eigenvalue weighted by Gasteiger charge is 2.27. The van der Waals surface area contributed by atoms with Gasteiger partial charge >= 0.3 is 11.2 Å². The quantitative estimate of drug-likeness (QED) is 0.504. The number of hydrogen-bond acceptors (Lipinski definition) is 7. The van der Waals surface area contributed by atoms with Crippen LogP contribution in [0.4, 0.5) is 11.5 Å². The lowest BCUT2D eigenvalue weighted by Gasteiger charge is -2.31. The molecule has 2 aromatic heterocycles. The number of pyridine rings is 1. The molecule has 29 heavy (non-hydrogen) atoms. The Hall–Kier alpha value is -3.30. The van der Waals surface area contributed by atoms with Gasteiger partial charge < -0.3 is 10.1 Å². The summed E-state index contributed by atoms with van der Waals surface area (Å²) < 4.78 is 6.60. The normalized spacial score (nSPS) is 15.9. The molecule has 1 aromatic carbocycles. The van der Waals surface area contributed by atoms with Gasteiger partial charge in [-0.15, -0.1) is 0 Å². The van der Waals surface area contributed by atoms with Gasteiger partial charge in [-0.25, -0.2) is 4.98 Å². The van der Waals surface area contributed by atoms with Crippen LogP contribution in [0.25, 0.3) is 5.65 Å². The Morgan fingerprint density at radius 3 is 2.59 bits per heavy atom. The maximum absolute atomic E-state index is 12.7. The van der Waals surface area contributed by atoms with Crippen LogP contribution in [0.2, 0.25) is 0 Å². The molecule has 1 atom stereocenters. The van der Waals surface area contributed by atoms with Gasteiger partial charge in [0, 0.05) is 25.8 Å². The number of anilines is 1. The van der Waals surface area contributed by atoms with E-state index in [1.54, 1.807) is 18.2 Å². The van der Waals surface area contributed by atoms with Gasteiger partial charge in [0.05, 0.1) is 24.2 Å². The Morgan fingerprint density at radius 1 is 1.14 bits per heavy atom. The molecule has 1 fully saturated rings. The first-order valence-corrected chi connectivity index (χ1v) is 9.41. The van der Waals surface area contributed by atoms with Crippen molar-refractivity contribution in [3.8, 4) is 0 Å². The van der Waals surface area contributed by atoms with Gasteiger partial charge in [-0.2, -0.15) is 0 Å². The van der Waals surface area contributed by atoms with Crippen LogP contribution in [0.3, 0.4) is 0 Å². The molecule has 0 radical (unpaired) electrons. The van der Waals surface area contributed by atoms with Crippen LogP contribution in [0.5, 0.6) is 0 Å². The van der Waals surface area contributed by atoms with E-state index in [4.69, 9.17) is 4.74 Å². The lowest BCUT2D eigenvalue weighted by atomic mass is 10.1. The Kier molecular flexibility index (Phi) is 5.50. The van der Waals surface area contributed by atoms with Crippen molar-refractivity contribution >= 4 is 17.2 Å². The maximum atomic E-state index is 12.7. The van der Waals surface area contributed by atoms with Crippen molar-refractivity contribution in [2.75, 3.05) is 38.2 Å². The van der Waals surface area contributed by atoms with E-state index in [-0.39, 0.29) is 11.9 Å². The van der Waals surface area contributed by atoms with Crippen LogP contribution >= 0.6 is 0 Å². The largest absolute Gasteiger partial charge is 0.379 e. The number of nitrogens with one attached hydrogen (secondary N) is 1. The average molecular weight is 395 g/mol. The Balaban J connectivity index is 1.75. The zero-order chi connectivity index (χ0) is 20.2. The molecule has 1 saturated heterocycles. The first-order chi connectivity index (χ1) is 14.1. The Bertz CT molecular complexity index is 1060. The zero-order valence-electron chi connectivity index (χ0n) is 15.7. The molecule has 150 valence electrons. The van der Waals surface area contributed by atoms with Gasteiger partial charge in [-0.1, -0.05) is 36.4 Å². The molecule has 9 heteroatoms. The van der Waals surface area contributed by atoms with Crippen molar-refractivity contribution in [2.45, 2.75) is 6.04 Å². The van der Waals surface area contributed by atoms with E-state index in [1.165, 1.54) is 10.6 Å². The molecule has 1 aliphatic rings. The highest BCUT2D eigenvalue weighted by molar-refractivity contribution is 5.60. The van der Waals surface area contributed by atoms with Gasteiger partial charge in [0.1, 0.15) is 5.65 Å². The third-order valence-electron chi connectivity index (χ3n) is 4.95. The predicted molar refractivity (Wildman–Crippen MR) is 108 cm³/mol. The number of morpholine rings is 1. The third kappa shape index (κ3) is 4.10. The molecular weight excluding hydrogens is 374 g/mol. The number of rotatable bonds is 6. The van der Waals surface area contributed by atoms with E-state index in [2.05, 4.69) is 15.2 Å². The summed E-state index contributed by atoms with van der Waals surface area (Å²) >= 11 is 0. The number of ether oxygens (including phenoxy) is 1. The summed E-state index contributed by atoms with van der Waals surface area (Å²) in [5.74, 6) is -0.0201. The number of hydrogen-bond donors (Lipinski definition) is 1. The van der Waals surface area contributed by atoms with Gasteiger partial charge in [0.25, 0.3) is 0 Å². The fraction of sp³-hybridized carbons (Fsp3) is 0.300. The van der Waals surface area contributed by atoms with E-state index >= 15 is 0 Å². The predicted octanol–water partition coefficient (Wildman–Crippen LogP) is 2.09. The summed E-state index contributed by atoms with van der Waals surface area (Å²) in [5, 5.41) is 14.9. The number of nitrogens with zero attached hydrogens (tertiary/aromatic N) is 4. The minimum atomic E-state index is -0.707. The highest BCUT2D eigenvalue weighted by Crippen LogP contribution is 2.25. The van der Waals surface area contributed by atoms with E-state index in [0.717, 1.165) is 18.7 Å². The molecule has 1 N–H and O–H groups in total. The van der Waals surface area contributed by atoms with Crippen LogP contribution in [-0.4, -0.2) is 52.1 Å². The molecule has 3 heterocycles. The third-order valence-corrected chi connectivity index (χ3v) is 4.95. The SMILES string of the molecule is O=c1c([N+](=O)[O-])c(NC(CN2CCOCC2)c2ccccc2)nc2ccccn12. The van der Waals surface area contributed by atoms with Crippen molar-refractivity contribution in [1.29, 1.82) is 0 Å². The molecule has 4 rings (SSSR count). The molecule has 0 spiro atoms. The summed E-state index contributed by atoms with van der Waals surface area (Å²) in [7, 11) is 0. The fourth-order valence-corrected chi connectivity index (χ4v) is 3.47. The smallest absolute Gasteiger partial charge is 0.376 e. The molecule has 0 aliphatic carbocycles. The highest BCUT2D eigenvalue weighted by atomic mass is 16.6. The molecule has 0 amide bonds. The standard InChI is InChI=1S/C20H21N5O4/c26-20-18(25(27)28)19(22-17-8-4-5-9-24(17)20)21-16(15-6-2-1-3-7-15)14-23-10-12-29-13-11-23/h1-9,16,21H,10-14H2. The monoisotopic (exact) mass is 395 g/mol. The first kappa shape index (κ1) is 19.0. The van der Waals surface area contributed by atoms with Gasteiger partial charge in [0.2, 0.25) is 5.82 Å². The van der Waals surface area contributed by atoms with Gasteiger partial charge in [-0.3, -0.25) is 24.2 Å². The van der Waals surface area contributed by atoms with Crippen LogP contribution in [0, 0.1) is 10.1 Å². The van der Waals surface area contributed by atoms with Crippen LogP contribution < -0.4 is 10.9 Å². The van der Waals surface area contributed by atoms with Crippen LogP contribution in [0.1, 0.15) is 11.6 Å². The Labute approximate surface area is 166 Å². The molecule has 0 saturated carbocycles. The number of benzene rings is 1. The van der Waals surface area contributed by atoms with Crippen molar-refractivity contribution in [3.63, 3.8) is 0 Å². The summed E-state index contributed by atoms with van der Waals surface area (Å²) in [6.45, 7) is 3.47. The minimum Gasteiger partial charge on any atom is -0.379 e. The molecule has 3 aromatic rings. The number of fused-ring (bicyclic) bond motifs is 1. The second-order valence-electron chi connectivity index (χ2n) is 6.82. The second kappa shape index (κ2) is 8.38. The lowest BCUT2D eigenvalue weighted by Crippen LogP contribution is -2.40. The summed E-state index contributed by atoms with van der Waals surface area (Å²) in [4.78, 5) is 30.3. The molecule has 1 unspecified atom stereocenters. The van der Waals surface area contributed by atoms with Crippen LogP contribution in [-0.2, 0) is 4.74 Å². The fourth-order valence-electron chi connectivity index (χ4n) is 3.47. The summed E-state index contributed by atoms with van der Waals surface area (Å²) in [5.41, 5.74) is 0.0463. The topological polar surface area (TPSA) is 102 Å². The van der Waals surface area contributed by atoms with E-state index in [0.29, 0.717) is 25.4 Å². The second-order valence-corrected chi connectivity index (χ2v) is 6.82. The summed E-state index contributed by atoms with van der Waals surface area (Å²) in [6.07, 6.45) is 1.48. The van der Waals surface area contributed by atoms with Gasteiger partial charge in [-0.05, 0) is 17.7 Å². The minimum absolute atomic E-state index is 0.0201. The van der Waals surface area contributed by atoms with Crippen molar-refractivity contribution < 1.29 is 9.66 Å². The molecule has 9 nitrogen and oxygen atoms in total. The summed E-state index contributed by atoms with van der Waals surface area (Å²) in [6, 6.07) is 14.4. The molecular formula is C20H21N5O4. The zero-order valence-corrected chi connectivity index (χ0v) is 15.7. The van der Waals surface area contributed by atoms with E-state index in [9.17, 15) is 14.9 Å². The van der Waals surface area contributed by atoms with Crippen LogP contribution in [0.15, 0.2) is 59.5 Å². The number of aromatic nitrogens is 2. The van der Waals surface area contributed by atoms with E-state index < -0.39 is 16.2 Å². The number of nitro groups is 1. The average Bonchev–Trinajstić information content (AvgIpc) is 2.74. The maximum Gasteiger partial charge on any atom is 0.376 e. The van der Waals surface area contributed by atoms with Crippen molar-refractivity contribution in [3.05, 3.63) is 80.8 Å². The molecule has 0 bridgehead atoms. The van der Waals surface area contributed by atoms with Crippen molar-refractivity contribution in [1.82, 2.24) is 14.3 Å². The first-order valence-electron chi connectivity index (χ1n) is 9.41. The Morgan fingerprint density at radius 2 is 1.86 bits per heavy atom. The van der Waals surface area contributed by atoms with E-state index in [1.807, 2.05) is 30.3 Å². The van der Waals surface area contributed by atoms with Gasteiger partial charge in [0.15, 0.2) is 0 Å². The lowest BCUT2D eigenvalue weighted by molar-refractivity contribution is -0.385. The van der Waals surface area contributed by atoms with Crippen molar-refractivity contribution in [2.24, 2.45) is 0 Å². The molecule has 1 aliphatic heterocycles.